The quantitative estimate of drug-likeness (QED) is 0.547. The largest absolute Gasteiger partial charge is 0.496 e. The number of hydrogen-bond donors (Lipinski definition) is 0. The molecule has 0 radical (unpaired) electrons. The lowest BCUT2D eigenvalue weighted by molar-refractivity contribution is -0.427. The van der Waals surface area contributed by atoms with Crippen LogP contribution in [0.15, 0.2) is 30.0 Å². The van der Waals surface area contributed by atoms with Crippen LogP contribution in [0, 0.1) is 10.1 Å². The molecule has 0 bridgehead atoms. The predicted octanol–water partition coefficient (Wildman–Crippen LogP) is 1.95. The molecule has 0 aromatic heterocycles. The molecule has 0 spiro atoms. The van der Waals surface area contributed by atoms with Crippen LogP contribution in [0.3, 0.4) is 0 Å². The van der Waals surface area contributed by atoms with Crippen molar-refractivity contribution >= 4 is 0 Å². The normalized spacial score (nSPS) is 14.1. The van der Waals surface area contributed by atoms with E-state index in [4.69, 9.17) is 4.74 Å². The van der Waals surface area contributed by atoms with Gasteiger partial charge in [-0.1, -0.05) is 12.1 Å². The molecule has 4 nitrogen and oxygen atoms in total. The molecule has 1 aromatic carbocycles. The second kappa shape index (κ2) is 3.73. The van der Waals surface area contributed by atoms with Gasteiger partial charge in [0.1, 0.15) is 5.75 Å². The molecule has 0 saturated carbocycles. The maximum Gasteiger partial charge on any atom is 0.247 e. The SMILES string of the molecule is COc1cccc2c1CC([N+](=O)[O-])=CC2. The Morgan fingerprint density at radius 1 is 1.47 bits per heavy atom. The van der Waals surface area contributed by atoms with Gasteiger partial charge in [-0.05, 0) is 24.1 Å². The molecule has 4 heteroatoms. The summed E-state index contributed by atoms with van der Waals surface area (Å²) in [7, 11) is 1.58. The zero-order chi connectivity index (χ0) is 10.8. The van der Waals surface area contributed by atoms with Gasteiger partial charge in [0.2, 0.25) is 5.70 Å². The Bertz CT molecular complexity index is 437. The first-order valence-electron chi connectivity index (χ1n) is 4.70. The van der Waals surface area contributed by atoms with Crippen LogP contribution in [0.5, 0.6) is 5.75 Å². The molecule has 1 aliphatic carbocycles. The molecule has 0 N–H and O–H groups in total. The fraction of sp³-hybridized carbons (Fsp3) is 0.273. The van der Waals surface area contributed by atoms with Crippen molar-refractivity contribution in [3.05, 3.63) is 51.2 Å². The van der Waals surface area contributed by atoms with Crippen molar-refractivity contribution in [1.29, 1.82) is 0 Å². The summed E-state index contributed by atoms with van der Waals surface area (Å²) in [4.78, 5) is 10.3. The molecular formula is C11H11NO3. The van der Waals surface area contributed by atoms with Gasteiger partial charge in [-0.3, -0.25) is 10.1 Å². The van der Waals surface area contributed by atoms with E-state index in [9.17, 15) is 10.1 Å². The van der Waals surface area contributed by atoms with Gasteiger partial charge < -0.3 is 4.74 Å². The fourth-order valence-corrected chi connectivity index (χ4v) is 1.81. The van der Waals surface area contributed by atoms with Crippen LogP contribution in [0.4, 0.5) is 0 Å². The van der Waals surface area contributed by atoms with Crippen LogP contribution in [-0.4, -0.2) is 12.0 Å². The highest BCUT2D eigenvalue weighted by Gasteiger charge is 2.21. The summed E-state index contributed by atoms with van der Waals surface area (Å²) in [6.45, 7) is 0. The first kappa shape index (κ1) is 9.71. The molecule has 78 valence electrons. The first-order chi connectivity index (χ1) is 7.22. The standard InChI is InChI=1S/C11H11NO3/c1-15-11-4-2-3-8-5-6-9(12(13)14)7-10(8)11/h2-4,6H,5,7H2,1H3. The summed E-state index contributed by atoms with van der Waals surface area (Å²) in [6, 6.07) is 5.72. The van der Waals surface area contributed by atoms with Gasteiger partial charge in [0.05, 0.1) is 18.5 Å². The minimum Gasteiger partial charge on any atom is -0.496 e. The third-order valence-electron chi connectivity index (χ3n) is 2.60. The van der Waals surface area contributed by atoms with Crippen LogP contribution < -0.4 is 4.74 Å². The van der Waals surface area contributed by atoms with Crippen molar-refractivity contribution in [2.75, 3.05) is 7.11 Å². The van der Waals surface area contributed by atoms with Crippen molar-refractivity contribution in [2.24, 2.45) is 0 Å². The van der Waals surface area contributed by atoms with Crippen molar-refractivity contribution in [1.82, 2.24) is 0 Å². The minimum absolute atomic E-state index is 0.256. The Balaban J connectivity index is 2.40. The maximum absolute atomic E-state index is 10.7. The summed E-state index contributed by atoms with van der Waals surface area (Å²) in [5, 5.41) is 10.7. The number of nitrogens with zero attached hydrogens (tertiary/aromatic N) is 1. The minimum atomic E-state index is -0.324. The van der Waals surface area contributed by atoms with E-state index in [1.807, 2.05) is 18.2 Å². The van der Waals surface area contributed by atoms with E-state index in [-0.39, 0.29) is 10.6 Å². The summed E-state index contributed by atoms with van der Waals surface area (Å²) in [5.74, 6) is 0.736. The second-order valence-electron chi connectivity index (χ2n) is 3.43. The highest BCUT2D eigenvalue weighted by molar-refractivity contribution is 5.45. The van der Waals surface area contributed by atoms with E-state index in [1.54, 1.807) is 13.2 Å². The summed E-state index contributed by atoms with van der Waals surface area (Å²) < 4.78 is 5.19. The van der Waals surface area contributed by atoms with E-state index in [1.165, 1.54) is 0 Å². The van der Waals surface area contributed by atoms with Crippen LogP contribution in [0.25, 0.3) is 0 Å². The first-order valence-corrected chi connectivity index (χ1v) is 4.70. The average molecular weight is 205 g/mol. The Kier molecular flexibility index (Phi) is 2.41. The van der Waals surface area contributed by atoms with E-state index >= 15 is 0 Å². The molecule has 0 aliphatic heterocycles. The fourth-order valence-electron chi connectivity index (χ4n) is 1.81. The van der Waals surface area contributed by atoms with Gasteiger partial charge in [0, 0.05) is 5.56 Å². The molecule has 2 rings (SSSR count). The van der Waals surface area contributed by atoms with Crippen molar-refractivity contribution in [3.8, 4) is 5.75 Å². The highest BCUT2D eigenvalue weighted by atomic mass is 16.6. The number of rotatable bonds is 2. The molecule has 0 fully saturated rings. The third-order valence-corrected chi connectivity index (χ3v) is 2.60. The van der Waals surface area contributed by atoms with Crippen molar-refractivity contribution in [2.45, 2.75) is 12.8 Å². The van der Waals surface area contributed by atoms with Crippen LogP contribution in [0.2, 0.25) is 0 Å². The Labute approximate surface area is 87.3 Å². The van der Waals surface area contributed by atoms with Gasteiger partial charge in [-0.2, -0.15) is 0 Å². The maximum atomic E-state index is 10.7. The topological polar surface area (TPSA) is 52.4 Å². The van der Waals surface area contributed by atoms with Crippen LogP contribution >= 0.6 is 0 Å². The molecule has 1 aromatic rings. The van der Waals surface area contributed by atoms with Gasteiger partial charge >= 0.3 is 0 Å². The lowest BCUT2D eigenvalue weighted by Crippen LogP contribution is -2.10. The second-order valence-corrected chi connectivity index (χ2v) is 3.43. The van der Waals surface area contributed by atoms with Crippen molar-refractivity contribution < 1.29 is 9.66 Å². The summed E-state index contributed by atoms with van der Waals surface area (Å²) in [5.41, 5.74) is 2.31. The predicted molar refractivity (Wildman–Crippen MR) is 55.5 cm³/mol. The van der Waals surface area contributed by atoms with Crippen molar-refractivity contribution in [3.63, 3.8) is 0 Å². The van der Waals surface area contributed by atoms with Gasteiger partial charge in [0.25, 0.3) is 0 Å². The van der Waals surface area contributed by atoms with Gasteiger partial charge in [-0.15, -0.1) is 0 Å². The van der Waals surface area contributed by atoms with Crippen LogP contribution in [0.1, 0.15) is 11.1 Å². The molecule has 0 unspecified atom stereocenters. The number of methoxy groups -OCH3 is 1. The molecule has 0 atom stereocenters. The molecule has 15 heavy (non-hydrogen) atoms. The Hall–Kier alpha value is -1.84. The van der Waals surface area contributed by atoms with E-state index < -0.39 is 0 Å². The van der Waals surface area contributed by atoms with Crippen LogP contribution in [-0.2, 0) is 12.8 Å². The monoisotopic (exact) mass is 205 g/mol. The molecular weight excluding hydrogens is 194 g/mol. The zero-order valence-electron chi connectivity index (χ0n) is 8.40. The Morgan fingerprint density at radius 3 is 2.93 bits per heavy atom. The van der Waals surface area contributed by atoms with E-state index in [2.05, 4.69) is 0 Å². The zero-order valence-corrected chi connectivity index (χ0v) is 8.40. The van der Waals surface area contributed by atoms with E-state index in [0.29, 0.717) is 12.8 Å². The number of ether oxygens (including phenoxy) is 1. The molecule has 1 aliphatic rings. The third kappa shape index (κ3) is 1.70. The molecule has 0 amide bonds. The Morgan fingerprint density at radius 2 is 2.27 bits per heavy atom. The molecule has 0 saturated heterocycles. The number of benzene rings is 1. The lowest BCUT2D eigenvalue weighted by atomic mass is 9.94. The van der Waals surface area contributed by atoms with Gasteiger partial charge in [-0.25, -0.2) is 0 Å². The number of hydrogen-bond acceptors (Lipinski definition) is 3. The van der Waals surface area contributed by atoms with E-state index in [0.717, 1.165) is 16.9 Å². The number of fused-ring (bicyclic) bond motifs is 1. The highest BCUT2D eigenvalue weighted by Crippen LogP contribution is 2.29. The molecule has 0 heterocycles. The number of nitro groups is 1. The number of allylic oxidation sites excluding steroid dienone is 2. The lowest BCUT2D eigenvalue weighted by Gasteiger charge is -2.15. The summed E-state index contributed by atoms with van der Waals surface area (Å²) in [6.07, 6.45) is 2.64. The average Bonchev–Trinajstić information content (AvgIpc) is 2.27. The smallest absolute Gasteiger partial charge is 0.247 e. The summed E-state index contributed by atoms with van der Waals surface area (Å²) >= 11 is 0. The van der Waals surface area contributed by atoms with Gasteiger partial charge in [0.15, 0.2) is 0 Å².